The van der Waals surface area contributed by atoms with Crippen LogP contribution in [-0.2, 0) is 0 Å². The Morgan fingerprint density at radius 3 is 2.62 bits per heavy atom. The number of halogens is 2. The molecule has 1 aromatic heterocycles. The fraction of sp³-hybridized carbons (Fsp3) is 0.500. The molecule has 0 spiro atoms. The third-order valence-corrected chi connectivity index (χ3v) is 2.68. The molecule has 0 aromatic carbocycles. The van der Waals surface area contributed by atoms with Gasteiger partial charge in [0.15, 0.2) is 23.3 Å². The van der Waals surface area contributed by atoms with Gasteiger partial charge in [0, 0.05) is 19.7 Å². The normalized spacial score (nSPS) is 10.2. The van der Waals surface area contributed by atoms with Gasteiger partial charge in [-0.05, 0) is 18.4 Å². The van der Waals surface area contributed by atoms with Crippen LogP contribution < -0.4 is 10.6 Å². The number of nitrogens with zero attached hydrogens (tertiary/aromatic N) is 1. The standard InChI is InChI=1S/C10H15F2N3S/c1-13-9-7(11)6-8(12)10(15-9)14-4-3-5-16-2/h6H,3-5H2,1-2H3,(H2,13,14,15). The summed E-state index contributed by atoms with van der Waals surface area (Å²) in [6.07, 6.45) is 2.92. The molecule has 0 amide bonds. The molecule has 0 bridgehead atoms. The van der Waals surface area contributed by atoms with Gasteiger partial charge in [0.2, 0.25) is 0 Å². The second-order valence-electron chi connectivity index (χ2n) is 3.17. The van der Waals surface area contributed by atoms with Crippen molar-refractivity contribution in [3.8, 4) is 0 Å². The number of nitrogens with one attached hydrogen (secondary N) is 2. The lowest BCUT2D eigenvalue weighted by Crippen LogP contribution is -2.08. The van der Waals surface area contributed by atoms with Gasteiger partial charge in [-0.3, -0.25) is 0 Å². The molecule has 0 fully saturated rings. The molecule has 90 valence electrons. The molecule has 0 aliphatic carbocycles. The molecule has 0 aliphatic rings. The maximum absolute atomic E-state index is 13.3. The molecule has 0 saturated heterocycles. The summed E-state index contributed by atoms with van der Waals surface area (Å²) in [5, 5.41) is 5.41. The van der Waals surface area contributed by atoms with E-state index in [1.54, 1.807) is 18.8 Å². The number of rotatable bonds is 6. The highest BCUT2D eigenvalue weighted by Gasteiger charge is 2.09. The topological polar surface area (TPSA) is 37.0 Å². The van der Waals surface area contributed by atoms with Crippen molar-refractivity contribution in [2.24, 2.45) is 0 Å². The molecule has 0 saturated carbocycles. The Balaban J connectivity index is 2.64. The summed E-state index contributed by atoms with van der Waals surface area (Å²) in [6.45, 7) is 0.625. The highest BCUT2D eigenvalue weighted by molar-refractivity contribution is 7.98. The molecule has 6 heteroatoms. The van der Waals surface area contributed by atoms with Crippen LogP contribution in [0.2, 0.25) is 0 Å². The van der Waals surface area contributed by atoms with Crippen molar-refractivity contribution in [2.45, 2.75) is 6.42 Å². The number of aromatic nitrogens is 1. The summed E-state index contributed by atoms with van der Waals surface area (Å²) in [7, 11) is 1.54. The molecule has 2 N–H and O–H groups in total. The molecular formula is C10H15F2N3S. The molecule has 1 aromatic rings. The lowest BCUT2D eigenvalue weighted by Gasteiger charge is -2.08. The van der Waals surface area contributed by atoms with E-state index in [-0.39, 0.29) is 11.6 Å². The van der Waals surface area contributed by atoms with Gasteiger partial charge in [0.25, 0.3) is 0 Å². The highest BCUT2D eigenvalue weighted by Crippen LogP contribution is 2.18. The van der Waals surface area contributed by atoms with Gasteiger partial charge in [-0.25, -0.2) is 13.8 Å². The first kappa shape index (κ1) is 13.0. The Morgan fingerprint density at radius 2 is 2.00 bits per heavy atom. The minimum atomic E-state index is -0.685. The van der Waals surface area contributed by atoms with E-state index in [1.807, 2.05) is 6.26 Å². The molecule has 0 unspecified atom stereocenters. The van der Waals surface area contributed by atoms with Gasteiger partial charge >= 0.3 is 0 Å². The second kappa shape index (κ2) is 6.52. The summed E-state index contributed by atoms with van der Waals surface area (Å²) in [5.74, 6) is -0.217. The minimum absolute atomic E-state index is 0.0498. The van der Waals surface area contributed by atoms with Crippen LogP contribution in [0.25, 0.3) is 0 Å². The summed E-state index contributed by atoms with van der Waals surface area (Å²) in [4.78, 5) is 3.81. The quantitative estimate of drug-likeness (QED) is 0.758. The van der Waals surface area contributed by atoms with E-state index >= 15 is 0 Å². The summed E-state index contributed by atoms with van der Waals surface area (Å²) >= 11 is 1.72. The second-order valence-corrected chi connectivity index (χ2v) is 4.16. The maximum atomic E-state index is 13.3. The van der Waals surface area contributed by atoms with E-state index in [4.69, 9.17) is 0 Å². The Kier molecular flexibility index (Phi) is 5.31. The van der Waals surface area contributed by atoms with Crippen LogP contribution in [0.3, 0.4) is 0 Å². The first-order chi connectivity index (χ1) is 7.69. The van der Waals surface area contributed by atoms with Crippen LogP contribution in [0.5, 0.6) is 0 Å². The van der Waals surface area contributed by atoms with Gasteiger partial charge < -0.3 is 10.6 Å². The average molecular weight is 247 g/mol. The molecule has 0 aliphatic heterocycles. The van der Waals surface area contributed by atoms with E-state index in [0.717, 1.165) is 18.2 Å². The van der Waals surface area contributed by atoms with E-state index in [9.17, 15) is 8.78 Å². The summed E-state index contributed by atoms with van der Waals surface area (Å²) in [5.41, 5.74) is 0. The number of thioether (sulfide) groups is 1. The van der Waals surface area contributed by atoms with Crippen molar-refractivity contribution >= 4 is 23.4 Å². The summed E-state index contributed by atoms with van der Waals surface area (Å²) < 4.78 is 26.4. The fourth-order valence-electron chi connectivity index (χ4n) is 1.19. The third kappa shape index (κ3) is 3.52. The van der Waals surface area contributed by atoms with Gasteiger partial charge in [-0.15, -0.1) is 0 Å². The zero-order valence-electron chi connectivity index (χ0n) is 9.31. The fourth-order valence-corrected chi connectivity index (χ4v) is 1.62. The van der Waals surface area contributed by atoms with Gasteiger partial charge in [0.05, 0.1) is 0 Å². The van der Waals surface area contributed by atoms with Crippen LogP contribution in [0.4, 0.5) is 20.4 Å². The van der Waals surface area contributed by atoms with Crippen molar-refractivity contribution in [3.63, 3.8) is 0 Å². The largest absolute Gasteiger partial charge is 0.371 e. The van der Waals surface area contributed by atoms with Crippen molar-refractivity contribution in [2.75, 3.05) is 36.2 Å². The molecular weight excluding hydrogens is 232 g/mol. The van der Waals surface area contributed by atoms with Crippen molar-refractivity contribution in [1.82, 2.24) is 4.98 Å². The Hall–Kier alpha value is -1.04. The van der Waals surface area contributed by atoms with Crippen LogP contribution in [0.15, 0.2) is 6.07 Å². The van der Waals surface area contributed by atoms with Crippen molar-refractivity contribution in [3.05, 3.63) is 17.7 Å². The van der Waals surface area contributed by atoms with E-state index in [0.29, 0.717) is 6.54 Å². The monoisotopic (exact) mass is 247 g/mol. The Morgan fingerprint density at radius 1 is 1.31 bits per heavy atom. The predicted octanol–water partition coefficient (Wildman–Crippen LogP) is 2.57. The minimum Gasteiger partial charge on any atom is -0.371 e. The number of anilines is 2. The van der Waals surface area contributed by atoms with Crippen LogP contribution >= 0.6 is 11.8 Å². The lowest BCUT2D eigenvalue weighted by atomic mass is 10.4. The van der Waals surface area contributed by atoms with Gasteiger partial charge in [-0.1, -0.05) is 0 Å². The molecule has 16 heavy (non-hydrogen) atoms. The highest BCUT2D eigenvalue weighted by atomic mass is 32.2. The van der Waals surface area contributed by atoms with Crippen LogP contribution in [-0.4, -0.2) is 30.6 Å². The zero-order chi connectivity index (χ0) is 12.0. The predicted molar refractivity (Wildman–Crippen MR) is 65.2 cm³/mol. The van der Waals surface area contributed by atoms with Crippen molar-refractivity contribution in [1.29, 1.82) is 0 Å². The van der Waals surface area contributed by atoms with E-state index < -0.39 is 11.6 Å². The Bertz CT molecular complexity index is 347. The average Bonchev–Trinajstić information content (AvgIpc) is 2.27. The van der Waals surface area contributed by atoms with E-state index in [1.165, 1.54) is 0 Å². The molecule has 3 nitrogen and oxygen atoms in total. The number of pyridine rings is 1. The number of hydrogen-bond donors (Lipinski definition) is 2. The molecule has 1 rings (SSSR count). The zero-order valence-corrected chi connectivity index (χ0v) is 10.1. The lowest BCUT2D eigenvalue weighted by molar-refractivity contribution is 0.578. The van der Waals surface area contributed by atoms with Gasteiger partial charge in [-0.2, -0.15) is 11.8 Å². The maximum Gasteiger partial charge on any atom is 0.168 e. The first-order valence-corrected chi connectivity index (χ1v) is 6.35. The number of hydrogen-bond acceptors (Lipinski definition) is 4. The summed E-state index contributed by atoms with van der Waals surface area (Å²) in [6, 6.07) is 0.829. The molecule has 0 radical (unpaired) electrons. The van der Waals surface area contributed by atoms with Crippen molar-refractivity contribution < 1.29 is 8.78 Å². The first-order valence-electron chi connectivity index (χ1n) is 4.95. The van der Waals surface area contributed by atoms with E-state index in [2.05, 4.69) is 15.6 Å². The van der Waals surface area contributed by atoms with Gasteiger partial charge in [0.1, 0.15) is 0 Å². The molecule has 1 heterocycles. The molecule has 0 atom stereocenters. The smallest absolute Gasteiger partial charge is 0.168 e. The SMILES string of the molecule is CNc1nc(NCCCSC)c(F)cc1F. The Labute approximate surface area is 98.0 Å². The van der Waals surface area contributed by atoms with Crippen LogP contribution in [0.1, 0.15) is 6.42 Å². The third-order valence-electron chi connectivity index (χ3n) is 1.98. The van der Waals surface area contributed by atoms with Crippen LogP contribution in [0, 0.1) is 11.6 Å².